The first-order valence-corrected chi connectivity index (χ1v) is 10.1. The van der Waals surface area contributed by atoms with Crippen LogP contribution in [0.25, 0.3) is 0 Å². The van der Waals surface area contributed by atoms with Gasteiger partial charge in [0, 0.05) is 6.42 Å². The van der Waals surface area contributed by atoms with E-state index < -0.39 is 12.1 Å². The number of rotatable bonds is 11. The summed E-state index contributed by atoms with van der Waals surface area (Å²) in [4.78, 5) is 38.3. The molecule has 1 heterocycles. The number of aliphatic hydroxyl groups excluding tert-OH is 1. The van der Waals surface area contributed by atoms with Crippen LogP contribution in [-0.4, -0.2) is 60.8 Å². The lowest BCUT2D eigenvalue weighted by molar-refractivity contribution is -0.128. The molecule has 2 rings (SSSR count). The van der Waals surface area contributed by atoms with Crippen molar-refractivity contribution in [1.82, 2.24) is 15.5 Å². The lowest BCUT2D eigenvalue weighted by Gasteiger charge is -2.22. The molecule has 1 aliphatic heterocycles. The average molecular weight is 421 g/mol. The first kappa shape index (κ1) is 23.5. The maximum Gasteiger partial charge on any atom is 0.325 e. The van der Waals surface area contributed by atoms with Crippen molar-refractivity contribution in [2.24, 2.45) is 5.92 Å². The van der Waals surface area contributed by atoms with Crippen molar-refractivity contribution >= 4 is 17.8 Å². The van der Waals surface area contributed by atoms with Crippen molar-refractivity contribution in [3.63, 3.8) is 0 Å². The Bertz CT molecular complexity index is 769. The van der Waals surface area contributed by atoms with Gasteiger partial charge < -0.3 is 25.2 Å². The Kier molecular flexibility index (Phi) is 8.46. The summed E-state index contributed by atoms with van der Waals surface area (Å²) in [5.41, 5.74) is 0.717. The average Bonchev–Trinajstić information content (AvgIpc) is 3.02. The first-order chi connectivity index (χ1) is 14.3. The first-order valence-electron chi connectivity index (χ1n) is 10.1. The molecule has 1 aromatic rings. The summed E-state index contributed by atoms with van der Waals surface area (Å²) in [7, 11) is 3.04. The number of carbonyl (C=O) groups excluding carboxylic acids is 3. The Morgan fingerprint density at radius 3 is 2.57 bits per heavy atom. The van der Waals surface area contributed by atoms with E-state index in [1.807, 2.05) is 13.8 Å². The van der Waals surface area contributed by atoms with Crippen molar-refractivity contribution in [2.45, 2.75) is 51.7 Å². The second-order valence-electron chi connectivity index (χ2n) is 7.40. The van der Waals surface area contributed by atoms with Gasteiger partial charge in [0.05, 0.1) is 33.4 Å². The van der Waals surface area contributed by atoms with Crippen LogP contribution in [0.5, 0.6) is 11.5 Å². The molecule has 1 aromatic carbocycles. The minimum Gasteiger partial charge on any atom is -0.493 e. The zero-order valence-electron chi connectivity index (χ0n) is 17.9. The molecule has 1 saturated heterocycles. The number of nitrogens with one attached hydrogen (secondary N) is 2. The highest BCUT2D eigenvalue weighted by molar-refractivity contribution is 6.04. The van der Waals surface area contributed by atoms with Gasteiger partial charge in [0.25, 0.3) is 5.91 Å². The van der Waals surface area contributed by atoms with Crippen molar-refractivity contribution in [3.05, 3.63) is 23.8 Å². The van der Waals surface area contributed by atoms with E-state index in [9.17, 15) is 19.5 Å². The number of benzene rings is 1. The van der Waals surface area contributed by atoms with Gasteiger partial charge in [-0.2, -0.15) is 0 Å². The fourth-order valence-electron chi connectivity index (χ4n) is 3.29. The smallest absolute Gasteiger partial charge is 0.325 e. The SMILES string of the molecule is CCC(C)C(CO)NC(=O)CCC1NC(=O)N(Cc2ccc(OC)c(OC)c2)C1=O. The molecule has 30 heavy (non-hydrogen) atoms. The number of aliphatic hydroxyl groups is 1. The van der Waals surface area contributed by atoms with Gasteiger partial charge in [-0.05, 0) is 30.0 Å². The van der Waals surface area contributed by atoms with Crippen LogP contribution in [-0.2, 0) is 16.1 Å². The molecule has 0 aromatic heterocycles. The van der Waals surface area contributed by atoms with Crippen LogP contribution in [0.4, 0.5) is 4.79 Å². The number of hydrogen-bond donors (Lipinski definition) is 3. The quantitative estimate of drug-likeness (QED) is 0.465. The molecular weight excluding hydrogens is 390 g/mol. The van der Waals surface area contributed by atoms with Crippen LogP contribution >= 0.6 is 0 Å². The van der Waals surface area contributed by atoms with Gasteiger partial charge in [0.2, 0.25) is 5.91 Å². The Morgan fingerprint density at radius 2 is 1.97 bits per heavy atom. The largest absolute Gasteiger partial charge is 0.493 e. The fourth-order valence-corrected chi connectivity index (χ4v) is 3.29. The van der Waals surface area contributed by atoms with Crippen molar-refractivity contribution < 1.29 is 29.0 Å². The molecule has 3 N–H and O–H groups in total. The predicted octanol–water partition coefficient (Wildman–Crippen LogP) is 1.43. The zero-order chi connectivity index (χ0) is 22.3. The highest BCUT2D eigenvalue weighted by Crippen LogP contribution is 2.28. The molecule has 166 valence electrons. The summed E-state index contributed by atoms with van der Waals surface area (Å²) in [6.45, 7) is 3.89. The third kappa shape index (κ3) is 5.63. The van der Waals surface area contributed by atoms with E-state index >= 15 is 0 Å². The number of urea groups is 1. The van der Waals surface area contributed by atoms with E-state index in [-0.39, 0.29) is 49.8 Å². The van der Waals surface area contributed by atoms with Gasteiger partial charge >= 0.3 is 6.03 Å². The van der Waals surface area contributed by atoms with Crippen molar-refractivity contribution in [3.8, 4) is 11.5 Å². The van der Waals surface area contributed by atoms with Gasteiger partial charge in [0.15, 0.2) is 11.5 Å². The zero-order valence-corrected chi connectivity index (χ0v) is 17.9. The summed E-state index contributed by atoms with van der Waals surface area (Å²) >= 11 is 0. The number of nitrogens with zero attached hydrogens (tertiary/aromatic N) is 1. The number of methoxy groups -OCH3 is 2. The third-order valence-corrected chi connectivity index (χ3v) is 5.43. The lowest BCUT2D eigenvalue weighted by Crippen LogP contribution is -2.42. The van der Waals surface area contributed by atoms with E-state index in [4.69, 9.17) is 9.47 Å². The molecule has 1 aliphatic rings. The number of hydrogen-bond acceptors (Lipinski definition) is 6. The van der Waals surface area contributed by atoms with Gasteiger partial charge in [-0.15, -0.1) is 0 Å². The van der Waals surface area contributed by atoms with E-state index in [1.165, 1.54) is 14.2 Å². The molecule has 0 radical (unpaired) electrons. The summed E-state index contributed by atoms with van der Waals surface area (Å²) in [6.07, 6.45) is 1.10. The topological polar surface area (TPSA) is 117 Å². The number of imide groups is 1. The van der Waals surface area contributed by atoms with Crippen molar-refractivity contribution in [1.29, 1.82) is 0 Å². The molecule has 0 spiro atoms. The van der Waals surface area contributed by atoms with Crippen LogP contribution in [0.3, 0.4) is 0 Å². The molecular formula is C21H31N3O6. The molecule has 9 heteroatoms. The summed E-state index contributed by atoms with van der Waals surface area (Å²) in [5.74, 6) is 0.581. The van der Waals surface area contributed by atoms with E-state index in [0.29, 0.717) is 17.1 Å². The molecule has 0 saturated carbocycles. The number of carbonyl (C=O) groups is 3. The molecule has 3 unspecified atom stereocenters. The van der Waals surface area contributed by atoms with Crippen molar-refractivity contribution in [2.75, 3.05) is 20.8 Å². The summed E-state index contributed by atoms with van der Waals surface area (Å²) in [6, 6.07) is 3.62. The molecule has 3 atom stereocenters. The van der Waals surface area contributed by atoms with Gasteiger partial charge in [0.1, 0.15) is 6.04 Å². The standard InChI is InChI=1S/C21H31N3O6/c1-5-13(2)16(12-25)22-19(26)9-7-15-20(27)24(21(28)23-15)11-14-6-8-17(29-3)18(10-14)30-4/h6,8,10,13,15-16,25H,5,7,9,11-12H2,1-4H3,(H,22,26)(H,23,28). The Balaban J connectivity index is 1.94. The number of ether oxygens (including phenoxy) is 2. The summed E-state index contributed by atoms with van der Waals surface area (Å²) in [5, 5.41) is 14.9. The second kappa shape index (κ2) is 10.8. The minimum absolute atomic E-state index is 0.0772. The molecule has 9 nitrogen and oxygen atoms in total. The Labute approximate surface area is 176 Å². The number of amides is 4. The molecule has 0 bridgehead atoms. The highest BCUT2D eigenvalue weighted by Gasteiger charge is 2.38. The van der Waals surface area contributed by atoms with Crippen LogP contribution < -0.4 is 20.1 Å². The normalized spacial score (nSPS) is 18.0. The molecule has 4 amide bonds. The molecule has 1 fully saturated rings. The third-order valence-electron chi connectivity index (χ3n) is 5.43. The van der Waals surface area contributed by atoms with Gasteiger partial charge in [-0.25, -0.2) is 4.79 Å². The highest BCUT2D eigenvalue weighted by atomic mass is 16.5. The fraction of sp³-hybridized carbons (Fsp3) is 0.571. The maximum atomic E-state index is 12.7. The van der Waals surface area contributed by atoms with Crippen LogP contribution in [0, 0.1) is 5.92 Å². The van der Waals surface area contributed by atoms with E-state index in [0.717, 1.165) is 11.3 Å². The van der Waals surface area contributed by atoms with Crippen LogP contribution in [0.15, 0.2) is 18.2 Å². The van der Waals surface area contributed by atoms with Gasteiger partial charge in [-0.3, -0.25) is 14.5 Å². The predicted molar refractivity (Wildman–Crippen MR) is 110 cm³/mol. The van der Waals surface area contributed by atoms with Crippen LogP contribution in [0.1, 0.15) is 38.7 Å². The van der Waals surface area contributed by atoms with Gasteiger partial charge in [-0.1, -0.05) is 26.3 Å². The minimum atomic E-state index is -0.750. The Morgan fingerprint density at radius 1 is 1.27 bits per heavy atom. The van der Waals surface area contributed by atoms with Crippen LogP contribution in [0.2, 0.25) is 0 Å². The Hall–Kier alpha value is -2.81. The second-order valence-corrected chi connectivity index (χ2v) is 7.40. The lowest BCUT2D eigenvalue weighted by atomic mass is 9.99. The molecule has 0 aliphatic carbocycles. The van der Waals surface area contributed by atoms with E-state index in [1.54, 1.807) is 18.2 Å². The van der Waals surface area contributed by atoms with E-state index in [2.05, 4.69) is 10.6 Å². The summed E-state index contributed by atoms with van der Waals surface area (Å²) < 4.78 is 10.4. The maximum absolute atomic E-state index is 12.7. The monoisotopic (exact) mass is 421 g/mol.